The summed E-state index contributed by atoms with van der Waals surface area (Å²) in [5.41, 5.74) is -0.769. The van der Waals surface area contributed by atoms with E-state index in [9.17, 15) is 4.79 Å². The summed E-state index contributed by atoms with van der Waals surface area (Å²) in [5, 5.41) is 0. The molecule has 1 unspecified atom stereocenters. The molecular weight excluding hydrogens is 228 g/mol. The maximum absolute atomic E-state index is 12.3. The molecule has 0 saturated carbocycles. The Balaban J connectivity index is 3.04. The monoisotopic (exact) mass is 250 g/mol. The molecule has 0 aliphatic heterocycles. The van der Waals surface area contributed by atoms with Crippen molar-refractivity contribution in [3.05, 3.63) is 35.9 Å². The van der Waals surface area contributed by atoms with Crippen LogP contribution < -0.4 is 0 Å². The van der Waals surface area contributed by atoms with E-state index in [-0.39, 0.29) is 5.97 Å². The Morgan fingerprint density at radius 1 is 1.11 bits per heavy atom. The lowest BCUT2D eigenvalue weighted by atomic mass is 9.95. The number of esters is 1. The molecule has 18 heavy (non-hydrogen) atoms. The molecule has 3 nitrogen and oxygen atoms in total. The molecular formula is C15H22O3. The van der Waals surface area contributed by atoms with Gasteiger partial charge in [-0.15, -0.1) is 0 Å². The molecule has 0 saturated heterocycles. The van der Waals surface area contributed by atoms with Crippen LogP contribution in [0.3, 0.4) is 0 Å². The van der Waals surface area contributed by atoms with E-state index in [1.807, 2.05) is 58.0 Å². The Morgan fingerprint density at radius 2 is 1.67 bits per heavy atom. The van der Waals surface area contributed by atoms with Crippen LogP contribution in [0.4, 0.5) is 0 Å². The quantitative estimate of drug-likeness (QED) is 0.769. The maximum Gasteiger partial charge on any atom is 0.343 e. The second-order valence-electron chi connectivity index (χ2n) is 5.33. The maximum atomic E-state index is 12.3. The molecule has 1 aromatic rings. The molecule has 0 amide bonds. The van der Waals surface area contributed by atoms with Gasteiger partial charge in [-0.1, -0.05) is 30.3 Å². The minimum Gasteiger partial charge on any atom is -0.458 e. The minimum atomic E-state index is -1.05. The third-order valence-corrected chi connectivity index (χ3v) is 2.55. The molecule has 1 rings (SSSR count). The molecule has 1 atom stereocenters. The first-order chi connectivity index (χ1) is 8.29. The number of hydrogen-bond acceptors (Lipinski definition) is 3. The van der Waals surface area contributed by atoms with Crippen LogP contribution in [0.15, 0.2) is 30.3 Å². The number of rotatable bonds is 4. The average molecular weight is 250 g/mol. The van der Waals surface area contributed by atoms with Crippen LogP contribution in [0.5, 0.6) is 0 Å². The first-order valence-electron chi connectivity index (χ1n) is 6.22. The lowest BCUT2D eigenvalue weighted by Gasteiger charge is -2.31. The van der Waals surface area contributed by atoms with Crippen molar-refractivity contribution in [2.45, 2.75) is 45.8 Å². The molecule has 0 spiro atoms. The van der Waals surface area contributed by atoms with Gasteiger partial charge in [0.15, 0.2) is 5.60 Å². The second kappa shape index (κ2) is 5.53. The summed E-state index contributed by atoms with van der Waals surface area (Å²) in [6.07, 6.45) is 0. The van der Waals surface area contributed by atoms with E-state index in [2.05, 4.69) is 0 Å². The molecule has 0 N–H and O–H groups in total. The molecule has 0 aromatic heterocycles. The van der Waals surface area contributed by atoms with Crippen LogP contribution in [0.25, 0.3) is 0 Å². The van der Waals surface area contributed by atoms with Gasteiger partial charge in [0.2, 0.25) is 0 Å². The summed E-state index contributed by atoms with van der Waals surface area (Å²) in [7, 11) is 0. The van der Waals surface area contributed by atoms with Crippen LogP contribution in [0.1, 0.15) is 40.2 Å². The molecule has 0 radical (unpaired) electrons. The Morgan fingerprint density at radius 3 is 2.11 bits per heavy atom. The van der Waals surface area contributed by atoms with Gasteiger partial charge >= 0.3 is 5.97 Å². The standard InChI is InChI=1S/C15H22O3/c1-6-17-15(5,12-10-8-7-9-11-12)13(16)18-14(2,3)4/h7-11H,6H2,1-5H3. The third kappa shape index (κ3) is 3.57. The van der Waals surface area contributed by atoms with Crippen molar-refractivity contribution in [2.24, 2.45) is 0 Å². The van der Waals surface area contributed by atoms with Crippen LogP contribution >= 0.6 is 0 Å². The van der Waals surface area contributed by atoms with Gasteiger partial charge in [0.25, 0.3) is 0 Å². The van der Waals surface area contributed by atoms with Gasteiger partial charge in [0, 0.05) is 6.61 Å². The second-order valence-corrected chi connectivity index (χ2v) is 5.33. The predicted molar refractivity (Wildman–Crippen MR) is 71.3 cm³/mol. The average Bonchev–Trinajstić information content (AvgIpc) is 2.28. The van der Waals surface area contributed by atoms with E-state index in [4.69, 9.17) is 9.47 Å². The van der Waals surface area contributed by atoms with Crippen LogP contribution in [0.2, 0.25) is 0 Å². The molecule has 100 valence electrons. The summed E-state index contributed by atoms with van der Waals surface area (Å²) in [6, 6.07) is 9.43. The predicted octanol–water partition coefficient (Wildman–Crippen LogP) is 3.28. The van der Waals surface area contributed by atoms with Gasteiger partial charge in [-0.05, 0) is 40.2 Å². The van der Waals surface area contributed by atoms with Gasteiger partial charge in [-0.25, -0.2) is 4.79 Å². The lowest BCUT2D eigenvalue weighted by Crippen LogP contribution is -2.41. The van der Waals surface area contributed by atoms with E-state index in [1.54, 1.807) is 6.92 Å². The van der Waals surface area contributed by atoms with Crippen molar-refractivity contribution >= 4 is 5.97 Å². The van der Waals surface area contributed by atoms with Crippen LogP contribution in [-0.2, 0) is 19.9 Å². The van der Waals surface area contributed by atoms with Crippen molar-refractivity contribution < 1.29 is 14.3 Å². The van der Waals surface area contributed by atoms with Crippen molar-refractivity contribution in [2.75, 3.05) is 6.61 Å². The van der Waals surface area contributed by atoms with Gasteiger partial charge in [0.1, 0.15) is 5.60 Å². The molecule has 3 heteroatoms. The number of carbonyl (C=O) groups is 1. The van der Waals surface area contributed by atoms with Crippen LogP contribution in [0, 0.1) is 0 Å². The Bertz CT molecular complexity index is 392. The number of ether oxygens (including phenoxy) is 2. The summed E-state index contributed by atoms with van der Waals surface area (Å²) < 4.78 is 11.1. The smallest absolute Gasteiger partial charge is 0.343 e. The highest BCUT2D eigenvalue weighted by molar-refractivity contribution is 5.81. The molecule has 0 aliphatic carbocycles. The van der Waals surface area contributed by atoms with Crippen LogP contribution in [-0.4, -0.2) is 18.2 Å². The molecule has 0 fully saturated rings. The first-order valence-corrected chi connectivity index (χ1v) is 6.22. The molecule has 0 bridgehead atoms. The summed E-state index contributed by atoms with van der Waals surface area (Å²) >= 11 is 0. The van der Waals surface area contributed by atoms with E-state index < -0.39 is 11.2 Å². The Labute approximate surface area is 109 Å². The van der Waals surface area contributed by atoms with E-state index in [0.29, 0.717) is 6.61 Å². The fourth-order valence-corrected chi connectivity index (χ4v) is 1.68. The van der Waals surface area contributed by atoms with Crippen molar-refractivity contribution in [3.8, 4) is 0 Å². The topological polar surface area (TPSA) is 35.5 Å². The van der Waals surface area contributed by atoms with Gasteiger partial charge in [0.05, 0.1) is 0 Å². The zero-order chi connectivity index (χ0) is 13.8. The minimum absolute atomic E-state index is 0.358. The van der Waals surface area contributed by atoms with E-state index in [0.717, 1.165) is 5.56 Å². The summed E-state index contributed by atoms with van der Waals surface area (Å²) in [5.74, 6) is -0.358. The normalized spacial score (nSPS) is 14.9. The van der Waals surface area contributed by atoms with Crippen molar-refractivity contribution in [3.63, 3.8) is 0 Å². The third-order valence-electron chi connectivity index (χ3n) is 2.55. The summed E-state index contributed by atoms with van der Waals surface area (Å²) in [6.45, 7) is 9.61. The largest absolute Gasteiger partial charge is 0.458 e. The highest BCUT2D eigenvalue weighted by Crippen LogP contribution is 2.28. The van der Waals surface area contributed by atoms with Gasteiger partial charge in [-0.2, -0.15) is 0 Å². The highest BCUT2D eigenvalue weighted by Gasteiger charge is 2.39. The first kappa shape index (κ1) is 14.7. The summed E-state index contributed by atoms with van der Waals surface area (Å²) in [4.78, 5) is 12.3. The Hall–Kier alpha value is -1.35. The van der Waals surface area contributed by atoms with E-state index in [1.165, 1.54) is 0 Å². The van der Waals surface area contributed by atoms with Gasteiger partial charge in [-0.3, -0.25) is 0 Å². The zero-order valence-electron chi connectivity index (χ0n) is 11.8. The fourth-order valence-electron chi connectivity index (χ4n) is 1.68. The molecule has 0 heterocycles. The highest BCUT2D eigenvalue weighted by atomic mass is 16.6. The SMILES string of the molecule is CCOC(C)(C(=O)OC(C)(C)C)c1ccccc1. The number of carbonyl (C=O) groups excluding carboxylic acids is 1. The molecule has 1 aromatic carbocycles. The van der Waals surface area contributed by atoms with E-state index >= 15 is 0 Å². The number of benzene rings is 1. The van der Waals surface area contributed by atoms with Gasteiger partial charge < -0.3 is 9.47 Å². The van der Waals surface area contributed by atoms with Crippen molar-refractivity contribution in [1.82, 2.24) is 0 Å². The van der Waals surface area contributed by atoms with Crippen molar-refractivity contribution in [1.29, 1.82) is 0 Å². The lowest BCUT2D eigenvalue weighted by molar-refractivity contribution is -0.183. The fraction of sp³-hybridized carbons (Fsp3) is 0.533. The Kier molecular flexibility index (Phi) is 4.52. The molecule has 0 aliphatic rings. The number of hydrogen-bond donors (Lipinski definition) is 0. The zero-order valence-corrected chi connectivity index (χ0v) is 11.8.